The van der Waals surface area contributed by atoms with Gasteiger partial charge in [0.1, 0.15) is 0 Å². The minimum Gasteiger partial charge on any atom is -0.493 e. The molecule has 0 spiro atoms. The standard InChI is InChI=1S/C23H31NO5/c1-7-11-29-19-10-9-17(13-22(19)28-8-2)23(25)24(4)15-18-14-21(27-6)20(26-5)12-16(18)3/h9-10,12-14H,7-8,11,15H2,1-6H3. The summed E-state index contributed by atoms with van der Waals surface area (Å²) in [5.41, 5.74) is 2.57. The number of aryl methyl sites for hydroxylation is 1. The van der Waals surface area contributed by atoms with Crippen LogP contribution in [0.3, 0.4) is 0 Å². The van der Waals surface area contributed by atoms with Gasteiger partial charge in [0.25, 0.3) is 5.91 Å². The normalized spacial score (nSPS) is 10.4. The number of rotatable bonds is 10. The van der Waals surface area contributed by atoms with E-state index in [1.165, 1.54) is 0 Å². The molecule has 0 aliphatic heterocycles. The summed E-state index contributed by atoms with van der Waals surface area (Å²) >= 11 is 0. The van der Waals surface area contributed by atoms with Crippen LogP contribution in [-0.4, -0.2) is 45.3 Å². The molecule has 0 aromatic heterocycles. The van der Waals surface area contributed by atoms with Crippen LogP contribution in [0.5, 0.6) is 23.0 Å². The summed E-state index contributed by atoms with van der Waals surface area (Å²) in [6, 6.07) is 9.14. The molecule has 0 atom stereocenters. The quantitative estimate of drug-likeness (QED) is 0.588. The number of hydrogen-bond donors (Lipinski definition) is 0. The highest BCUT2D eigenvalue weighted by atomic mass is 16.5. The van der Waals surface area contributed by atoms with Crippen molar-refractivity contribution in [3.8, 4) is 23.0 Å². The second kappa shape index (κ2) is 10.6. The zero-order chi connectivity index (χ0) is 21.4. The SMILES string of the molecule is CCCOc1ccc(C(=O)N(C)Cc2cc(OC)c(OC)cc2C)cc1OCC. The van der Waals surface area contributed by atoms with E-state index >= 15 is 0 Å². The maximum atomic E-state index is 13.0. The van der Waals surface area contributed by atoms with E-state index in [0.717, 1.165) is 17.5 Å². The van der Waals surface area contributed by atoms with Crippen molar-refractivity contribution in [3.05, 3.63) is 47.0 Å². The van der Waals surface area contributed by atoms with Crippen LogP contribution >= 0.6 is 0 Å². The molecule has 0 fully saturated rings. The fraction of sp³-hybridized carbons (Fsp3) is 0.435. The third kappa shape index (κ3) is 5.56. The molecule has 6 heteroatoms. The Balaban J connectivity index is 2.22. The van der Waals surface area contributed by atoms with Crippen molar-refractivity contribution in [2.24, 2.45) is 0 Å². The zero-order valence-electron chi connectivity index (χ0n) is 18.2. The lowest BCUT2D eigenvalue weighted by molar-refractivity contribution is 0.0784. The van der Waals surface area contributed by atoms with Crippen LogP contribution in [0.2, 0.25) is 0 Å². The van der Waals surface area contributed by atoms with E-state index in [9.17, 15) is 4.79 Å². The highest BCUT2D eigenvalue weighted by Gasteiger charge is 2.17. The highest BCUT2D eigenvalue weighted by molar-refractivity contribution is 5.94. The van der Waals surface area contributed by atoms with E-state index in [1.807, 2.05) is 32.9 Å². The van der Waals surface area contributed by atoms with Crippen LogP contribution in [0.1, 0.15) is 41.8 Å². The van der Waals surface area contributed by atoms with Gasteiger partial charge in [-0.05, 0) is 61.7 Å². The average Bonchev–Trinajstić information content (AvgIpc) is 2.73. The first-order valence-electron chi connectivity index (χ1n) is 9.81. The molecule has 29 heavy (non-hydrogen) atoms. The molecule has 0 heterocycles. The Morgan fingerprint density at radius 2 is 1.62 bits per heavy atom. The largest absolute Gasteiger partial charge is 0.493 e. The number of methoxy groups -OCH3 is 2. The summed E-state index contributed by atoms with van der Waals surface area (Å²) in [5, 5.41) is 0. The molecule has 1 amide bonds. The lowest BCUT2D eigenvalue weighted by Gasteiger charge is -2.21. The Kier molecular flexibility index (Phi) is 8.19. The highest BCUT2D eigenvalue weighted by Crippen LogP contribution is 2.32. The molecule has 2 rings (SSSR count). The van der Waals surface area contributed by atoms with Gasteiger partial charge in [0, 0.05) is 19.2 Å². The molecule has 0 aliphatic rings. The summed E-state index contributed by atoms with van der Waals surface area (Å²) in [6.45, 7) is 7.49. The van der Waals surface area contributed by atoms with Crippen molar-refractivity contribution in [2.75, 3.05) is 34.5 Å². The van der Waals surface area contributed by atoms with E-state index in [0.29, 0.717) is 48.3 Å². The Labute approximate surface area is 173 Å². The van der Waals surface area contributed by atoms with Crippen molar-refractivity contribution in [1.82, 2.24) is 4.90 Å². The minimum atomic E-state index is -0.0952. The Bertz CT molecular complexity index is 834. The molecule has 0 saturated carbocycles. The van der Waals surface area contributed by atoms with Gasteiger partial charge in [0.05, 0.1) is 27.4 Å². The van der Waals surface area contributed by atoms with Gasteiger partial charge in [-0.2, -0.15) is 0 Å². The summed E-state index contributed by atoms with van der Waals surface area (Å²) in [5.74, 6) is 2.46. The van der Waals surface area contributed by atoms with Crippen LogP contribution in [0.25, 0.3) is 0 Å². The third-order valence-corrected chi connectivity index (χ3v) is 4.55. The van der Waals surface area contributed by atoms with E-state index < -0.39 is 0 Å². The monoisotopic (exact) mass is 401 g/mol. The first kappa shape index (κ1) is 22.4. The van der Waals surface area contributed by atoms with Gasteiger partial charge >= 0.3 is 0 Å². The number of nitrogens with zero attached hydrogens (tertiary/aromatic N) is 1. The molecule has 2 aromatic rings. The smallest absolute Gasteiger partial charge is 0.254 e. The van der Waals surface area contributed by atoms with Gasteiger partial charge in [0.2, 0.25) is 0 Å². The van der Waals surface area contributed by atoms with Crippen molar-refractivity contribution in [1.29, 1.82) is 0 Å². The summed E-state index contributed by atoms with van der Waals surface area (Å²) in [4.78, 5) is 14.7. The summed E-state index contributed by atoms with van der Waals surface area (Å²) in [7, 11) is 4.99. The fourth-order valence-corrected chi connectivity index (χ4v) is 2.98. The number of carbonyl (C=O) groups is 1. The van der Waals surface area contributed by atoms with Crippen molar-refractivity contribution in [2.45, 2.75) is 33.7 Å². The van der Waals surface area contributed by atoms with E-state index in [4.69, 9.17) is 18.9 Å². The number of benzene rings is 2. The van der Waals surface area contributed by atoms with Crippen molar-refractivity contribution < 1.29 is 23.7 Å². The summed E-state index contributed by atoms with van der Waals surface area (Å²) < 4.78 is 22.1. The van der Waals surface area contributed by atoms with Gasteiger partial charge in [-0.1, -0.05) is 6.92 Å². The molecular weight excluding hydrogens is 370 g/mol. The van der Waals surface area contributed by atoms with Crippen LogP contribution in [0, 0.1) is 6.92 Å². The lowest BCUT2D eigenvalue weighted by atomic mass is 10.1. The van der Waals surface area contributed by atoms with Gasteiger partial charge in [0.15, 0.2) is 23.0 Å². The molecule has 2 aromatic carbocycles. The van der Waals surface area contributed by atoms with Crippen molar-refractivity contribution in [3.63, 3.8) is 0 Å². The van der Waals surface area contributed by atoms with E-state index in [-0.39, 0.29) is 5.91 Å². The number of carbonyl (C=O) groups excluding carboxylic acids is 1. The maximum Gasteiger partial charge on any atom is 0.254 e. The van der Waals surface area contributed by atoms with Gasteiger partial charge in [-0.3, -0.25) is 4.79 Å². The Morgan fingerprint density at radius 1 is 0.931 bits per heavy atom. The molecular formula is C23H31NO5. The second-order valence-electron chi connectivity index (χ2n) is 6.74. The predicted molar refractivity (Wildman–Crippen MR) is 113 cm³/mol. The second-order valence-corrected chi connectivity index (χ2v) is 6.74. The predicted octanol–water partition coefficient (Wildman–Crippen LogP) is 4.47. The topological polar surface area (TPSA) is 57.2 Å². The lowest BCUT2D eigenvalue weighted by Crippen LogP contribution is -2.26. The molecule has 158 valence electrons. The number of amides is 1. The number of ether oxygens (including phenoxy) is 4. The Morgan fingerprint density at radius 3 is 2.24 bits per heavy atom. The third-order valence-electron chi connectivity index (χ3n) is 4.55. The van der Waals surface area contributed by atoms with Crippen LogP contribution in [0.15, 0.2) is 30.3 Å². The molecule has 0 radical (unpaired) electrons. The van der Waals surface area contributed by atoms with E-state index in [1.54, 1.807) is 44.4 Å². The first-order chi connectivity index (χ1) is 13.9. The number of hydrogen-bond acceptors (Lipinski definition) is 5. The maximum absolute atomic E-state index is 13.0. The van der Waals surface area contributed by atoms with Gasteiger partial charge in [-0.15, -0.1) is 0 Å². The average molecular weight is 402 g/mol. The first-order valence-corrected chi connectivity index (χ1v) is 9.81. The molecule has 0 aliphatic carbocycles. The fourth-order valence-electron chi connectivity index (χ4n) is 2.98. The van der Waals surface area contributed by atoms with E-state index in [2.05, 4.69) is 0 Å². The van der Waals surface area contributed by atoms with Crippen molar-refractivity contribution >= 4 is 5.91 Å². The molecule has 6 nitrogen and oxygen atoms in total. The summed E-state index contributed by atoms with van der Waals surface area (Å²) in [6.07, 6.45) is 0.902. The minimum absolute atomic E-state index is 0.0952. The van der Waals surface area contributed by atoms with Gasteiger partial charge in [-0.25, -0.2) is 0 Å². The molecule has 0 unspecified atom stereocenters. The van der Waals surface area contributed by atoms with Crippen LogP contribution in [0.4, 0.5) is 0 Å². The molecule has 0 N–H and O–H groups in total. The zero-order valence-corrected chi connectivity index (χ0v) is 18.2. The van der Waals surface area contributed by atoms with Gasteiger partial charge < -0.3 is 23.8 Å². The van der Waals surface area contributed by atoms with Crippen LogP contribution < -0.4 is 18.9 Å². The Hall–Kier alpha value is -2.89. The molecule has 0 saturated heterocycles. The molecule has 0 bridgehead atoms. The van der Waals surface area contributed by atoms with Crippen LogP contribution in [-0.2, 0) is 6.54 Å².